The van der Waals surface area contributed by atoms with Gasteiger partial charge in [-0.15, -0.1) is 0 Å². The number of likely N-dealkylation sites (N-methyl/N-ethyl adjacent to an activating group) is 1. The van der Waals surface area contributed by atoms with Crippen LogP contribution in [0.3, 0.4) is 0 Å². The van der Waals surface area contributed by atoms with Gasteiger partial charge in [-0.05, 0) is 31.5 Å². The predicted molar refractivity (Wildman–Crippen MR) is 83.8 cm³/mol. The molecule has 0 saturated carbocycles. The molecule has 0 aliphatic carbocycles. The predicted octanol–water partition coefficient (Wildman–Crippen LogP) is 3.17. The van der Waals surface area contributed by atoms with Gasteiger partial charge in [-0.3, -0.25) is 4.79 Å². The number of amides is 1. The van der Waals surface area contributed by atoms with Crippen LogP contribution in [0.5, 0.6) is 0 Å². The van der Waals surface area contributed by atoms with Crippen molar-refractivity contribution in [1.82, 2.24) is 0 Å². The average molecular weight is 268 g/mol. The van der Waals surface area contributed by atoms with Crippen molar-refractivity contribution in [2.24, 2.45) is 0 Å². The molecule has 0 fully saturated rings. The third-order valence-electron chi connectivity index (χ3n) is 3.32. The van der Waals surface area contributed by atoms with E-state index >= 15 is 0 Å². The number of aryl methyl sites for hydroxylation is 1. The number of carbonyl (C=O) groups is 1. The van der Waals surface area contributed by atoms with Crippen LogP contribution in [0.2, 0.25) is 0 Å². The Morgan fingerprint density at radius 1 is 1.10 bits per heavy atom. The van der Waals surface area contributed by atoms with Crippen LogP contribution in [-0.2, 0) is 11.2 Å². The van der Waals surface area contributed by atoms with Crippen molar-refractivity contribution < 1.29 is 4.79 Å². The molecule has 0 aliphatic rings. The molecule has 0 spiro atoms. The molecule has 0 heterocycles. The lowest BCUT2D eigenvalue weighted by Gasteiger charge is -2.22. The Morgan fingerprint density at radius 3 is 2.35 bits per heavy atom. The van der Waals surface area contributed by atoms with Crippen molar-refractivity contribution in [3.8, 4) is 0 Å². The molecule has 1 amide bonds. The molecule has 3 heteroatoms. The number of nitrogen functional groups attached to an aromatic ring is 1. The number of rotatable bonds is 4. The SMILES string of the molecule is CCN(C(=O)Cc1ccc(C)cc1)c1ccccc1N. The lowest BCUT2D eigenvalue weighted by Crippen LogP contribution is -2.32. The van der Waals surface area contributed by atoms with Crippen molar-refractivity contribution in [1.29, 1.82) is 0 Å². The molecule has 104 valence electrons. The lowest BCUT2D eigenvalue weighted by molar-refractivity contribution is -0.117. The van der Waals surface area contributed by atoms with Gasteiger partial charge < -0.3 is 10.6 Å². The Kier molecular flexibility index (Phi) is 4.41. The van der Waals surface area contributed by atoms with E-state index < -0.39 is 0 Å². The van der Waals surface area contributed by atoms with Gasteiger partial charge in [0.05, 0.1) is 17.8 Å². The summed E-state index contributed by atoms with van der Waals surface area (Å²) >= 11 is 0. The maximum atomic E-state index is 12.5. The zero-order valence-corrected chi connectivity index (χ0v) is 12.0. The van der Waals surface area contributed by atoms with Crippen molar-refractivity contribution in [2.75, 3.05) is 17.2 Å². The number of benzene rings is 2. The van der Waals surface area contributed by atoms with Gasteiger partial charge in [0.15, 0.2) is 0 Å². The molecule has 0 bridgehead atoms. The lowest BCUT2D eigenvalue weighted by atomic mass is 10.1. The Balaban J connectivity index is 2.18. The molecular weight excluding hydrogens is 248 g/mol. The van der Waals surface area contributed by atoms with Crippen LogP contribution in [0.4, 0.5) is 11.4 Å². The maximum absolute atomic E-state index is 12.5. The molecule has 0 aliphatic heterocycles. The fourth-order valence-electron chi connectivity index (χ4n) is 2.19. The van der Waals surface area contributed by atoms with Gasteiger partial charge in [0, 0.05) is 6.54 Å². The Morgan fingerprint density at radius 2 is 1.75 bits per heavy atom. The first kappa shape index (κ1) is 14.1. The molecular formula is C17H20N2O. The van der Waals surface area contributed by atoms with E-state index in [0.717, 1.165) is 11.3 Å². The molecule has 2 aromatic carbocycles. The van der Waals surface area contributed by atoms with E-state index in [2.05, 4.69) is 0 Å². The number of carbonyl (C=O) groups excluding carboxylic acids is 1. The number of nitrogens with two attached hydrogens (primary N) is 1. The number of nitrogens with zero attached hydrogens (tertiary/aromatic N) is 1. The Bertz CT molecular complexity index is 590. The average Bonchev–Trinajstić information content (AvgIpc) is 2.44. The van der Waals surface area contributed by atoms with Crippen molar-refractivity contribution in [2.45, 2.75) is 20.3 Å². The first-order valence-corrected chi connectivity index (χ1v) is 6.82. The highest BCUT2D eigenvalue weighted by atomic mass is 16.2. The maximum Gasteiger partial charge on any atom is 0.231 e. The second-order valence-electron chi connectivity index (χ2n) is 4.86. The smallest absolute Gasteiger partial charge is 0.231 e. The number of anilines is 2. The molecule has 2 rings (SSSR count). The van der Waals surface area contributed by atoms with E-state index in [9.17, 15) is 4.79 Å². The Hall–Kier alpha value is -2.29. The minimum atomic E-state index is 0.0641. The zero-order chi connectivity index (χ0) is 14.5. The van der Waals surface area contributed by atoms with Crippen LogP contribution in [0.25, 0.3) is 0 Å². The summed E-state index contributed by atoms with van der Waals surface area (Å²) in [5.74, 6) is 0.0641. The minimum Gasteiger partial charge on any atom is -0.397 e. The van der Waals surface area contributed by atoms with E-state index in [4.69, 9.17) is 5.73 Å². The molecule has 20 heavy (non-hydrogen) atoms. The van der Waals surface area contributed by atoms with Crippen molar-refractivity contribution in [3.05, 3.63) is 59.7 Å². The quantitative estimate of drug-likeness (QED) is 0.866. The summed E-state index contributed by atoms with van der Waals surface area (Å²) in [6, 6.07) is 15.5. The standard InChI is InChI=1S/C17H20N2O/c1-3-19(16-7-5-4-6-15(16)18)17(20)12-14-10-8-13(2)9-11-14/h4-11H,3,12,18H2,1-2H3. The zero-order valence-electron chi connectivity index (χ0n) is 12.0. The minimum absolute atomic E-state index is 0.0641. The van der Waals surface area contributed by atoms with Gasteiger partial charge in [-0.25, -0.2) is 0 Å². The summed E-state index contributed by atoms with van der Waals surface area (Å²) in [5, 5.41) is 0. The van der Waals surface area contributed by atoms with Crippen LogP contribution in [0.15, 0.2) is 48.5 Å². The van der Waals surface area contributed by atoms with E-state index in [0.29, 0.717) is 18.7 Å². The summed E-state index contributed by atoms with van der Waals surface area (Å²) in [4.78, 5) is 14.2. The van der Waals surface area contributed by atoms with Gasteiger partial charge in [0.1, 0.15) is 0 Å². The van der Waals surface area contributed by atoms with Gasteiger partial charge in [0.2, 0.25) is 5.91 Å². The summed E-state index contributed by atoms with van der Waals surface area (Å²) in [6.45, 7) is 4.60. The monoisotopic (exact) mass is 268 g/mol. The second-order valence-corrected chi connectivity index (χ2v) is 4.86. The fraction of sp³-hybridized carbons (Fsp3) is 0.235. The van der Waals surface area contributed by atoms with Crippen LogP contribution >= 0.6 is 0 Å². The van der Waals surface area contributed by atoms with Gasteiger partial charge in [-0.1, -0.05) is 42.0 Å². The summed E-state index contributed by atoms with van der Waals surface area (Å²) in [5.41, 5.74) is 9.59. The molecule has 2 aromatic rings. The summed E-state index contributed by atoms with van der Waals surface area (Å²) in [6.07, 6.45) is 0.391. The molecule has 0 aromatic heterocycles. The first-order chi connectivity index (χ1) is 9.61. The van der Waals surface area contributed by atoms with E-state index in [-0.39, 0.29) is 5.91 Å². The first-order valence-electron chi connectivity index (χ1n) is 6.82. The van der Waals surface area contributed by atoms with E-state index in [1.807, 2.05) is 62.4 Å². The van der Waals surface area contributed by atoms with Crippen LogP contribution < -0.4 is 10.6 Å². The summed E-state index contributed by atoms with van der Waals surface area (Å²) < 4.78 is 0. The molecule has 3 nitrogen and oxygen atoms in total. The topological polar surface area (TPSA) is 46.3 Å². The highest BCUT2D eigenvalue weighted by molar-refractivity contribution is 5.97. The molecule has 0 saturated heterocycles. The van der Waals surface area contributed by atoms with Gasteiger partial charge in [-0.2, -0.15) is 0 Å². The molecule has 0 atom stereocenters. The van der Waals surface area contributed by atoms with Crippen molar-refractivity contribution in [3.63, 3.8) is 0 Å². The van der Waals surface area contributed by atoms with Gasteiger partial charge in [0.25, 0.3) is 0 Å². The largest absolute Gasteiger partial charge is 0.397 e. The highest BCUT2D eigenvalue weighted by Crippen LogP contribution is 2.23. The fourth-order valence-corrected chi connectivity index (χ4v) is 2.19. The van der Waals surface area contributed by atoms with Gasteiger partial charge >= 0.3 is 0 Å². The normalized spacial score (nSPS) is 10.3. The summed E-state index contributed by atoms with van der Waals surface area (Å²) in [7, 11) is 0. The van der Waals surface area contributed by atoms with Crippen LogP contribution in [0.1, 0.15) is 18.1 Å². The van der Waals surface area contributed by atoms with E-state index in [1.54, 1.807) is 4.90 Å². The second kappa shape index (κ2) is 6.24. The van der Waals surface area contributed by atoms with Crippen molar-refractivity contribution >= 4 is 17.3 Å². The molecule has 2 N–H and O–H groups in total. The highest BCUT2D eigenvalue weighted by Gasteiger charge is 2.16. The third-order valence-corrected chi connectivity index (χ3v) is 3.32. The number of hydrogen-bond acceptors (Lipinski definition) is 2. The molecule has 0 radical (unpaired) electrons. The van der Waals surface area contributed by atoms with Crippen LogP contribution in [-0.4, -0.2) is 12.5 Å². The number of hydrogen-bond donors (Lipinski definition) is 1. The van der Waals surface area contributed by atoms with E-state index in [1.165, 1.54) is 5.56 Å². The number of para-hydroxylation sites is 2. The van der Waals surface area contributed by atoms with Crippen LogP contribution in [0, 0.1) is 6.92 Å². The molecule has 0 unspecified atom stereocenters. The third kappa shape index (κ3) is 3.18. The Labute approximate surface area is 120 Å².